The Morgan fingerprint density at radius 1 is 1.25 bits per heavy atom. The first kappa shape index (κ1) is 15.4. The summed E-state index contributed by atoms with van der Waals surface area (Å²) in [7, 11) is 0. The van der Waals surface area contributed by atoms with Crippen molar-refractivity contribution in [2.24, 2.45) is 0 Å². The number of hydrogen-bond acceptors (Lipinski definition) is 3. The largest absolute Gasteiger partial charge is 0.481 e. The molecule has 0 fully saturated rings. The Hall–Kier alpha value is -2.61. The molecule has 0 saturated carbocycles. The van der Waals surface area contributed by atoms with Crippen LogP contribution < -0.4 is 5.32 Å². The number of carboxylic acids is 1. The van der Waals surface area contributed by atoms with Gasteiger partial charge in [-0.1, -0.05) is 18.1 Å². The van der Waals surface area contributed by atoms with Gasteiger partial charge in [0.25, 0.3) is 5.91 Å². The average molecular weight is 273 g/mol. The first-order chi connectivity index (χ1) is 9.43. The van der Waals surface area contributed by atoms with E-state index in [0.29, 0.717) is 5.69 Å². The van der Waals surface area contributed by atoms with E-state index in [0.717, 1.165) is 5.56 Å². The summed E-state index contributed by atoms with van der Waals surface area (Å²) in [5.41, 5.74) is 1.23. The minimum atomic E-state index is -0.924. The number of ketones is 1. The average Bonchev–Trinajstić information content (AvgIpc) is 2.38. The monoisotopic (exact) mass is 273 g/mol. The zero-order valence-corrected chi connectivity index (χ0v) is 11.3. The number of benzene rings is 1. The highest BCUT2D eigenvalue weighted by atomic mass is 16.4. The van der Waals surface area contributed by atoms with E-state index in [1.54, 1.807) is 31.2 Å². The molecule has 1 amide bonds. The predicted molar refractivity (Wildman–Crippen MR) is 74.2 cm³/mol. The van der Waals surface area contributed by atoms with Crippen LogP contribution in [-0.2, 0) is 14.4 Å². The number of hydrogen-bond donors (Lipinski definition) is 2. The zero-order chi connectivity index (χ0) is 15.1. The van der Waals surface area contributed by atoms with Crippen molar-refractivity contribution >= 4 is 23.3 Å². The lowest BCUT2D eigenvalue weighted by atomic mass is 9.96. The van der Waals surface area contributed by atoms with E-state index in [2.05, 4.69) is 17.2 Å². The van der Waals surface area contributed by atoms with E-state index < -0.39 is 23.6 Å². The molecule has 5 heteroatoms. The van der Waals surface area contributed by atoms with Crippen molar-refractivity contribution in [1.29, 1.82) is 0 Å². The van der Waals surface area contributed by atoms with Gasteiger partial charge in [-0.05, 0) is 24.6 Å². The third-order valence-electron chi connectivity index (χ3n) is 2.59. The molecule has 1 aromatic rings. The minimum absolute atomic E-state index is 0.0833. The third-order valence-corrected chi connectivity index (χ3v) is 2.59. The first-order valence-electron chi connectivity index (χ1n) is 6.00. The van der Waals surface area contributed by atoms with Crippen LogP contribution >= 0.6 is 0 Å². The number of carbonyl (C=O) groups is 3. The maximum absolute atomic E-state index is 11.2. The fourth-order valence-electron chi connectivity index (χ4n) is 1.62. The van der Waals surface area contributed by atoms with Crippen molar-refractivity contribution in [3.05, 3.63) is 29.8 Å². The second-order valence-corrected chi connectivity index (χ2v) is 4.18. The second kappa shape index (κ2) is 7.10. The molecular formula is C15H15NO4. The lowest BCUT2D eigenvalue weighted by Crippen LogP contribution is -2.19. The first-order valence-corrected chi connectivity index (χ1v) is 6.00. The Bertz CT molecular complexity index is 578. The fraction of sp³-hybridized carbons (Fsp3) is 0.267. The highest BCUT2D eigenvalue weighted by Gasteiger charge is 2.13. The van der Waals surface area contributed by atoms with E-state index in [-0.39, 0.29) is 6.42 Å². The molecule has 0 aliphatic carbocycles. The van der Waals surface area contributed by atoms with Crippen LogP contribution in [0, 0.1) is 11.8 Å². The number of amides is 1. The molecule has 104 valence electrons. The number of nitrogens with one attached hydrogen (secondary N) is 1. The summed E-state index contributed by atoms with van der Waals surface area (Å²) in [5, 5.41) is 11.3. The summed E-state index contributed by atoms with van der Waals surface area (Å²) < 4.78 is 0. The maximum Gasteiger partial charge on any atom is 0.304 e. The molecule has 0 aliphatic rings. The van der Waals surface area contributed by atoms with Crippen LogP contribution in [0.25, 0.3) is 0 Å². The van der Waals surface area contributed by atoms with E-state index in [1.165, 1.54) is 6.92 Å². The van der Waals surface area contributed by atoms with Crippen LogP contribution in [0.3, 0.4) is 0 Å². The van der Waals surface area contributed by atoms with Crippen molar-refractivity contribution in [2.45, 2.75) is 26.2 Å². The van der Waals surface area contributed by atoms with Crippen molar-refractivity contribution in [2.75, 3.05) is 5.32 Å². The van der Waals surface area contributed by atoms with E-state index in [9.17, 15) is 14.4 Å². The van der Waals surface area contributed by atoms with Gasteiger partial charge < -0.3 is 10.4 Å². The van der Waals surface area contributed by atoms with E-state index in [1.807, 2.05) is 0 Å². The van der Waals surface area contributed by atoms with Crippen LogP contribution in [0.2, 0.25) is 0 Å². The van der Waals surface area contributed by atoms with Crippen molar-refractivity contribution in [3.63, 3.8) is 0 Å². The molecule has 1 rings (SSSR count). The molecule has 1 atom stereocenters. The van der Waals surface area contributed by atoms with E-state index >= 15 is 0 Å². The van der Waals surface area contributed by atoms with Gasteiger partial charge in [0, 0.05) is 12.6 Å². The highest BCUT2D eigenvalue weighted by Crippen LogP contribution is 2.21. The Balaban J connectivity index is 2.87. The van der Waals surface area contributed by atoms with Crippen LogP contribution in [0.4, 0.5) is 5.69 Å². The predicted octanol–water partition coefficient (Wildman–Crippen LogP) is 1.80. The molecule has 0 aromatic heterocycles. The molecule has 2 N–H and O–H groups in total. The van der Waals surface area contributed by atoms with Crippen LogP contribution in [0.15, 0.2) is 24.3 Å². The SMILES string of the molecule is CC#C[C@@H](CC(=O)O)c1ccc(NC(=O)C(C)=O)cc1. The quantitative estimate of drug-likeness (QED) is 0.633. The lowest BCUT2D eigenvalue weighted by molar-refractivity contribution is -0.137. The lowest BCUT2D eigenvalue weighted by Gasteiger charge is -2.10. The Morgan fingerprint density at radius 3 is 2.30 bits per heavy atom. The van der Waals surface area contributed by atoms with Crippen LogP contribution in [0.5, 0.6) is 0 Å². The molecule has 0 bridgehead atoms. The zero-order valence-electron chi connectivity index (χ0n) is 11.3. The topological polar surface area (TPSA) is 83.5 Å². The van der Waals surface area contributed by atoms with Gasteiger partial charge >= 0.3 is 5.97 Å². The number of rotatable bonds is 5. The Kier molecular flexibility index (Phi) is 5.48. The second-order valence-electron chi connectivity index (χ2n) is 4.18. The molecule has 20 heavy (non-hydrogen) atoms. The van der Waals surface area contributed by atoms with Gasteiger partial charge in [0.05, 0.1) is 12.3 Å². The maximum atomic E-state index is 11.2. The van der Waals surface area contributed by atoms with Gasteiger partial charge in [-0.3, -0.25) is 14.4 Å². The van der Waals surface area contributed by atoms with Crippen molar-refractivity contribution in [3.8, 4) is 11.8 Å². The summed E-state index contributed by atoms with van der Waals surface area (Å²) in [6.45, 7) is 2.83. The summed E-state index contributed by atoms with van der Waals surface area (Å²) in [5.74, 6) is 2.96. The standard InChI is InChI=1S/C15H15NO4/c1-3-4-12(9-14(18)19)11-5-7-13(8-6-11)16-15(20)10(2)17/h5-8,12H,9H2,1-2H3,(H,16,20)(H,18,19)/t12-/m0/s1. The van der Waals surface area contributed by atoms with Gasteiger partial charge in [0.15, 0.2) is 0 Å². The Labute approximate surface area is 117 Å². The third kappa shape index (κ3) is 4.58. The molecular weight excluding hydrogens is 258 g/mol. The van der Waals surface area contributed by atoms with Gasteiger partial charge in [-0.2, -0.15) is 0 Å². The van der Waals surface area contributed by atoms with E-state index in [4.69, 9.17) is 5.11 Å². The normalized spacial score (nSPS) is 10.9. The molecule has 1 aromatic carbocycles. The highest BCUT2D eigenvalue weighted by molar-refractivity contribution is 6.39. The minimum Gasteiger partial charge on any atom is -0.481 e. The molecule has 0 spiro atoms. The Morgan fingerprint density at radius 2 is 1.85 bits per heavy atom. The molecule has 0 heterocycles. The summed E-state index contributed by atoms with van der Waals surface area (Å²) in [6.07, 6.45) is -0.0833. The van der Waals surface area contributed by atoms with Crippen LogP contribution in [-0.4, -0.2) is 22.8 Å². The molecule has 0 aliphatic heterocycles. The molecule has 5 nitrogen and oxygen atoms in total. The smallest absolute Gasteiger partial charge is 0.304 e. The van der Waals surface area contributed by atoms with Gasteiger partial charge in [0.1, 0.15) is 0 Å². The summed E-state index contributed by atoms with van der Waals surface area (Å²) >= 11 is 0. The van der Waals surface area contributed by atoms with Gasteiger partial charge in [-0.15, -0.1) is 5.92 Å². The number of aliphatic carboxylic acids is 1. The molecule has 0 unspecified atom stereocenters. The number of Topliss-reactive ketones (excluding diaryl/α,β-unsaturated/α-hetero) is 1. The molecule has 0 saturated heterocycles. The number of carbonyl (C=O) groups excluding carboxylic acids is 2. The summed E-state index contributed by atoms with van der Waals surface area (Å²) in [4.78, 5) is 32.8. The van der Waals surface area contributed by atoms with Gasteiger partial charge in [-0.25, -0.2) is 0 Å². The number of anilines is 1. The number of carboxylic acid groups (broad SMARTS) is 1. The fourth-order valence-corrected chi connectivity index (χ4v) is 1.62. The van der Waals surface area contributed by atoms with Gasteiger partial charge in [0.2, 0.25) is 5.78 Å². The van der Waals surface area contributed by atoms with Crippen molar-refractivity contribution < 1.29 is 19.5 Å². The van der Waals surface area contributed by atoms with Crippen LogP contribution in [0.1, 0.15) is 31.7 Å². The van der Waals surface area contributed by atoms with Crippen molar-refractivity contribution in [1.82, 2.24) is 0 Å². The summed E-state index contributed by atoms with van der Waals surface area (Å²) in [6, 6.07) is 6.60. The molecule has 0 radical (unpaired) electrons.